The van der Waals surface area contributed by atoms with Crippen molar-refractivity contribution in [3.63, 3.8) is 0 Å². The molecule has 0 saturated carbocycles. The van der Waals surface area contributed by atoms with Crippen molar-refractivity contribution in [1.82, 2.24) is 4.90 Å². The average molecular weight is 347 g/mol. The number of carbonyl (C=O) groups excluding carboxylic acids is 1. The van der Waals surface area contributed by atoms with Crippen LogP contribution in [0.3, 0.4) is 0 Å². The first-order valence-corrected chi connectivity index (χ1v) is 8.58. The van der Waals surface area contributed by atoms with Crippen molar-refractivity contribution < 1.29 is 18.7 Å². The third-order valence-electron chi connectivity index (χ3n) is 3.88. The number of rotatable bonds is 4. The Kier molecular flexibility index (Phi) is 4.94. The van der Waals surface area contributed by atoms with Gasteiger partial charge in [0.05, 0.1) is 14.2 Å². The predicted molar refractivity (Wildman–Crippen MR) is 92.2 cm³/mol. The molecule has 2 aromatic rings. The summed E-state index contributed by atoms with van der Waals surface area (Å²) in [5, 5.41) is -0.189. The minimum absolute atomic E-state index is 0.119. The fourth-order valence-corrected chi connectivity index (χ4v) is 3.96. The van der Waals surface area contributed by atoms with E-state index in [9.17, 15) is 9.18 Å². The quantitative estimate of drug-likeness (QED) is 0.845. The highest BCUT2D eigenvalue weighted by Crippen LogP contribution is 2.39. The normalized spacial score (nSPS) is 17.0. The number of hydrogen-bond acceptors (Lipinski definition) is 4. The summed E-state index contributed by atoms with van der Waals surface area (Å²) in [6, 6.07) is 11.5. The first kappa shape index (κ1) is 16.6. The van der Waals surface area contributed by atoms with Crippen LogP contribution in [-0.2, 0) is 0 Å². The molecular weight excluding hydrogens is 329 g/mol. The highest BCUT2D eigenvalue weighted by Gasteiger charge is 2.31. The molecule has 0 aromatic heterocycles. The van der Waals surface area contributed by atoms with Crippen LogP contribution in [0.2, 0.25) is 0 Å². The summed E-state index contributed by atoms with van der Waals surface area (Å²) in [4.78, 5) is 14.7. The van der Waals surface area contributed by atoms with Gasteiger partial charge in [-0.2, -0.15) is 0 Å². The number of halogens is 1. The van der Waals surface area contributed by atoms with Crippen LogP contribution in [-0.4, -0.2) is 37.3 Å². The van der Waals surface area contributed by atoms with Crippen LogP contribution < -0.4 is 9.47 Å². The second-order valence-electron chi connectivity index (χ2n) is 5.38. The number of carbonyl (C=O) groups is 1. The molecule has 2 aromatic carbocycles. The Hall–Kier alpha value is -2.21. The fraction of sp³-hybridized carbons (Fsp3) is 0.278. The molecule has 0 aliphatic carbocycles. The lowest BCUT2D eigenvalue weighted by atomic mass is 10.1. The molecule has 0 radical (unpaired) electrons. The Labute approximate surface area is 144 Å². The highest BCUT2D eigenvalue weighted by atomic mass is 32.2. The van der Waals surface area contributed by atoms with Gasteiger partial charge in [0.1, 0.15) is 22.7 Å². The van der Waals surface area contributed by atoms with E-state index in [0.717, 1.165) is 11.3 Å². The van der Waals surface area contributed by atoms with Crippen molar-refractivity contribution in [3.8, 4) is 11.5 Å². The molecule has 1 fully saturated rings. The molecule has 0 bridgehead atoms. The van der Waals surface area contributed by atoms with Crippen molar-refractivity contribution in [2.45, 2.75) is 5.37 Å². The van der Waals surface area contributed by atoms with Crippen LogP contribution in [0.25, 0.3) is 0 Å². The van der Waals surface area contributed by atoms with Gasteiger partial charge in [-0.3, -0.25) is 4.79 Å². The van der Waals surface area contributed by atoms with Crippen LogP contribution in [0.5, 0.6) is 11.5 Å². The van der Waals surface area contributed by atoms with Gasteiger partial charge in [0, 0.05) is 23.9 Å². The summed E-state index contributed by atoms with van der Waals surface area (Å²) in [5.74, 6) is 1.52. The summed E-state index contributed by atoms with van der Waals surface area (Å²) in [7, 11) is 3.09. The van der Waals surface area contributed by atoms with Gasteiger partial charge < -0.3 is 14.4 Å². The van der Waals surface area contributed by atoms with Gasteiger partial charge in [0.25, 0.3) is 5.91 Å². The number of thioether (sulfide) groups is 1. The van der Waals surface area contributed by atoms with Crippen LogP contribution >= 0.6 is 11.8 Å². The van der Waals surface area contributed by atoms with E-state index in [0.29, 0.717) is 23.6 Å². The van der Waals surface area contributed by atoms with Crippen LogP contribution in [0.1, 0.15) is 21.3 Å². The summed E-state index contributed by atoms with van der Waals surface area (Å²) >= 11 is 1.63. The number of benzene rings is 2. The Morgan fingerprint density at radius 2 is 1.88 bits per heavy atom. The van der Waals surface area contributed by atoms with Gasteiger partial charge in [-0.15, -0.1) is 11.8 Å². The third-order valence-corrected chi connectivity index (χ3v) is 5.14. The number of amides is 1. The zero-order valence-electron chi connectivity index (χ0n) is 13.5. The van der Waals surface area contributed by atoms with Gasteiger partial charge in [-0.05, 0) is 29.8 Å². The largest absolute Gasteiger partial charge is 0.497 e. The first-order valence-electron chi connectivity index (χ1n) is 7.53. The van der Waals surface area contributed by atoms with Gasteiger partial charge in [-0.25, -0.2) is 4.39 Å². The fourth-order valence-electron chi connectivity index (χ4n) is 2.71. The molecule has 1 amide bonds. The van der Waals surface area contributed by atoms with Crippen LogP contribution in [0, 0.1) is 5.82 Å². The molecule has 1 saturated heterocycles. The number of ether oxygens (including phenoxy) is 2. The molecule has 24 heavy (non-hydrogen) atoms. The molecule has 126 valence electrons. The lowest BCUT2D eigenvalue weighted by molar-refractivity contribution is 0.0759. The number of hydrogen-bond donors (Lipinski definition) is 0. The maximum Gasteiger partial charge on any atom is 0.255 e. The maximum absolute atomic E-state index is 13.5. The molecule has 1 aliphatic heterocycles. The molecule has 1 unspecified atom stereocenters. The Balaban J connectivity index is 1.91. The molecule has 1 heterocycles. The van der Waals surface area contributed by atoms with E-state index in [1.807, 2.05) is 6.07 Å². The molecular formula is C18H18FNO3S. The summed E-state index contributed by atoms with van der Waals surface area (Å²) < 4.78 is 24.0. The minimum Gasteiger partial charge on any atom is -0.497 e. The zero-order valence-corrected chi connectivity index (χ0v) is 14.3. The van der Waals surface area contributed by atoms with Crippen molar-refractivity contribution >= 4 is 17.7 Å². The van der Waals surface area contributed by atoms with E-state index >= 15 is 0 Å². The van der Waals surface area contributed by atoms with Crippen molar-refractivity contribution in [2.24, 2.45) is 0 Å². The second kappa shape index (κ2) is 7.13. The van der Waals surface area contributed by atoms with Gasteiger partial charge in [-0.1, -0.05) is 12.1 Å². The number of nitrogens with zero attached hydrogens (tertiary/aromatic N) is 1. The van der Waals surface area contributed by atoms with Gasteiger partial charge >= 0.3 is 0 Å². The van der Waals surface area contributed by atoms with E-state index in [4.69, 9.17) is 9.47 Å². The van der Waals surface area contributed by atoms with E-state index in [2.05, 4.69) is 0 Å². The standard InChI is InChI=1S/C18H18FNO3S/c1-22-15-9-13(10-16(11-15)23-2)17(21)20-6-7-24-18(20)12-4-3-5-14(19)8-12/h3-5,8-11,18H,6-7H2,1-2H3. The predicted octanol–water partition coefficient (Wildman–Crippen LogP) is 3.73. The summed E-state index contributed by atoms with van der Waals surface area (Å²) in [5.41, 5.74) is 1.29. The first-order chi connectivity index (χ1) is 11.6. The molecule has 0 N–H and O–H groups in total. The zero-order chi connectivity index (χ0) is 17.1. The SMILES string of the molecule is COc1cc(OC)cc(C(=O)N2CCSC2c2cccc(F)c2)c1. The van der Waals surface area contributed by atoms with Gasteiger partial charge in [0.2, 0.25) is 0 Å². The summed E-state index contributed by atoms with van der Waals surface area (Å²) in [6.45, 7) is 0.615. The van der Waals surface area contributed by atoms with Gasteiger partial charge in [0.15, 0.2) is 0 Å². The molecule has 1 atom stereocenters. The van der Waals surface area contributed by atoms with Crippen molar-refractivity contribution in [2.75, 3.05) is 26.5 Å². The summed E-state index contributed by atoms with van der Waals surface area (Å²) in [6.07, 6.45) is 0. The Morgan fingerprint density at radius 1 is 1.17 bits per heavy atom. The van der Waals surface area contributed by atoms with Crippen LogP contribution in [0.4, 0.5) is 4.39 Å². The Bertz CT molecular complexity index is 731. The smallest absolute Gasteiger partial charge is 0.255 e. The molecule has 0 spiro atoms. The highest BCUT2D eigenvalue weighted by molar-refractivity contribution is 7.99. The monoisotopic (exact) mass is 347 g/mol. The number of methoxy groups -OCH3 is 2. The van der Waals surface area contributed by atoms with E-state index < -0.39 is 0 Å². The molecule has 4 nitrogen and oxygen atoms in total. The maximum atomic E-state index is 13.5. The average Bonchev–Trinajstić information content (AvgIpc) is 3.10. The van der Waals surface area contributed by atoms with E-state index in [-0.39, 0.29) is 17.1 Å². The second-order valence-corrected chi connectivity index (χ2v) is 6.57. The van der Waals surface area contributed by atoms with Crippen LogP contribution in [0.15, 0.2) is 42.5 Å². The third kappa shape index (κ3) is 3.33. The lowest BCUT2D eigenvalue weighted by Gasteiger charge is -2.24. The van der Waals surface area contributed by atoms with E-state index in [1.165, 1.54) is 12.1 Å². The lowest BCUT2D eigenvalue weighted by Crippen LogP contribution is -2.30. The van der Waals surface area contributed by atoms with Crippen molar-refractivity contribution in [3.05, 3.63) is 59.4 Å². The van der Waals surface area contributed by atoms with Crippen molar-refractivity contribution in [1.29, 1.82) is 0 Å². The molecule has 1 aliphatic rings. The van der Waals surface area contributed by atoms with E-state index in [1.54, 1.807) is 55.1 Å². The Morgan fingerprint density at radius 3 is 2.50 bits per heavy atom. The molecule has 3 rings (SSSR count). The molecule has 6 heteroatoms. The topological polar surface area (TPSA) is 38.8 Å². The minimum atomic E-state index is -0.296.